The molecule has 0 unspecified atom stereocenters. The van der Waals surface area contributed by atoms with Crippen LogP contribution in [0.1, 0.15) is 0 Å². The number of thiophene rings is 1. The summed E-state index contributed by atoms with van der Waals surface area (Å²) in [6.45, 7) is 0. The molecule has 0 atom stereocenters. The second kappa shape index (κ2) is 13.3. The lowest BCUT2D eigenvalue weighted by Gasteiger charge is -2.13. The summed E-state index contributed by atoms with van der Waals surface area (Å²) < 4.78 is 5.81. The first-order valence-corrected chi connectivity index (χ1v) is 21.5. The number of hydrogen-bond acceptors (Lipinski definition) is 3. The van der Waals surface area contributed by atoms with Crippen LogP contribution in [0, 0.1) is 0 Å². The topological polar surface area (TPSA) is 35.6 Å². The summed E-state index contributed by atoms with van der Waals surface area (Å²) in [5.74, 6) is 0.653. The van der Waals surface area contributed by atoms with Crippen molar-refractivity contribution in [3.8, 4) is 44.5 Å². The monoisotopic (exact) mass is 794 g/mol. The molecule has 0 radical (unpaired) electrons. The Hall–Kier alpha value is -7.86. The van der Waals surface area contributed by atoms with Gasteiger partial charge in [0, 0.05) is 43.2 Å². The maximum absolute atomic E-state index is 5.55. The Morgan fingerprint density at radius 1 is 0.393 bits per heavy atom. The van der Waals surface area contributed by atoms with E-state index in [1.807, 2.05) is 0 Å². The molecule has 0 N–H and O–H groups in total. The molecule has 4 nitrogen and oxygen atoms in total. The summed E-state index contributed by atoms with van der Waals surface area (Å²) >= 11 is 1.75. The average molecular weight is 795 g/mol. The number of fused-ring (bicyclic) bond motifs is 10. The molecule has 0 fully saturated rings. The molecular formula is C56H34N4S. The molecule has 0 aliphatic heterocycles. The normalized spacial score (nSPS) is 11.9. The fourth-order valence-electron chi connectivity index (χ4n) is 9.56. The van der Waals surface area contributed by atoms with Crippen LogP contribution in [-0.4, -0.2) is 19.1 Å². The molecule has 0 aliphatic rings. The van der Waals surface area contributed by atoms with E-state index in [1.165, 1.54) is 64.6 Å². The van der Waals surface area contributed by atoms with Crippen molar-refractivity contribution in [1.82, 2.24) is 19.1 Å². The van der Waals surface area contributed by atoms with Crippen molar-refractivity contribution in [3.05, 3.63) is 206 Å². The van der Waals surface area contributed by atoms with E-state index < -0.39 is 0 Å². The summed E-state index contributed by atoms with van der Waals surface area (Å²) in [7, 11) is 0. The standard InChI is InChI=1S/C56H34N4S/c1-4-16-36(17-5-1)51-34-47-55(61-51)53(37-18-6-2-7-19-37)58-56(57-47)60-49-30-27-35-15-12-13-24-42(35)52(49)44-26-14-25-43(54(44)60)40-28-29-48-45(32-40)46-31-38-20-10-11-21-39(38)33-50(46)59(48)41-22-8-3-9-23-41/h1-34H. The van der Waals surface area contributed by atoms with E-state index in [2.05, 4.69) is 215 Å². The SMILES string of the molecule is c1ccc(-c2cc3nc(-n4c5ccc6ccccc6c5c5cccc(-c6ccc7c(c6)c6cc8ccccc8cc6n7-c6ccccc6)c54)nc(-c4ccccc4)c3s2)cc1. The fraction of sp³-hybridized carbons (Fsp3) is 0. The lowest BCUT2D eigenvalue weighted by molar-refractivity contribution is 1.02. The van der Waals surface area contributed by atoms with Gasteiger partial charge < -0.3 is 4.57 Å². The van der Waals surface area contributed by atoms with Crippen LogP contribution in [0.4, 0.5) is 0 Å². The Labute approximate surface area is 354 Å². The average Bonchev–Trinajstić information content (AvgIpc) is 4.01. The molecule has 4 aromatic heterocycles. The van der Waals surface area contributed by atoms with Gasteiger partial charge in [-0.05, 0) is 81.2 Å². The van der Waals surface area contributed by atoms with Crippen molar-refractivity contribution in [1.29, 1.82) is 0 Å². The molecule has 13 rings (SSSR count). The van der Waals surface area contributed by atoms with Gasteiger partial charge in [0.15, 0.2) is 0 Å². The molecule has 0 saturated carbocycles. The van der Waals surface area contributed by atoms with Gasteiger partial charge in [-0.25, -0.2) is 9.97 Å². The Kier molecular flexibility index (Phi) is 7.44. The number of benzene rings is 9. The number of nitrogens with zero attached hydrogens (tertiary/aromatic N) is 4. The van der Waals surface area contributed by atoms with Gasteiger partial charge in [0.05, 0.1) is 38.0 Å². The molecular weight excluding hydrogens is 761 g/mol. The van der Waals surface area contributed by atoms with Crippen molar-refractivity contribution in [2.75, 3.05) is 0 Å². The highest BCUT2D eigenvalue weighted by atomic mass is 32.1. The zero-order valence-corrected chi connectivity index (χ0v) is 33.6. The third kappa shape index (κ3) is 5.24. The quantitative estimate of drug-likeness (QED) is 0.174. The number of para-hydroxylation sites is 2. The molecule has 0 bridgehead atoms. The van der Waals surface area contributed by atoms with Crippen LogP contribution in [0.3, 0.4) is 0 Å². The van der Waals surface area contributed by atoms with Crippen LogP contribution in [-0.2, 0) is 0 Å². The Morgan fingerprint density at radius 2 is 1.05 bits per heavy atom. The molecule has 9 aromatic carbocycles. The minimum atomic E-state index is 0.653. The van der Waals surface area contributed by atoms with Crippen molar-refractivity contribution in [3.63, 3.8) is 0 Å². The van der Waals surface area contributed by atoms with Crippen molar-refractivity contribution in [2.24, 2.45) is 0 Å². The molecule has 0 spiro atoms. The van der Waals surface area contributed by atoms with E-state index in [9.17, 15) is 0 Å². The molecule has 284 valence electrons. The highest BCUT2D eigenvalue weighted by molar-refractivity contribution is 7.22. The van der Waals surface area contributed by atoms with Gasteiger partial charge in [-0.3, -0.25) is 4.57 Å². The Balaban J connectivity index is 1.13. The fourth-order valence-corrected chi connectivity index (χ4v) is 10.7. The van der Waals surface area contributed by atoms with E-state index in [4.69, 9.17) is 9.97 Å². The highest BCUT2D eigenvalue weighted by Gasteiger charge is 2.23. The molecule has 0 saturated heterocycles. The molecule has 61 heavy (non-hydrogen) atoms. The van der Waals surface area contributed by atoms with Crippen LogP contribution >= 0.6 is 11.3 Å². The van der Waals surface area contributed by atoms with Crippen LogP contribution in [0.15, 0.2) is 206 Å². The first-order chi connectivity index (χ1) is 30.2. The van der Waals surface area contributed by atoms with Crippen molar-refractivity contribution in [2.45, 2.75) is 0 Å². The van der Waals surface area contributed by atoms with E-state index in [-0.39, 0.29) is 0 Å². The number of hydrogen-bond donors (Lipinski definition) is 0. The van der Waals surface area contributed by atoms with Gasteiger partial charge in [0.25, 0.3) is 0 Å². The maximum atomic E-state index is 5.55. The lowest BCUT2D eigenvalue weighted by Crippen LogP contribution is -2.03. The summed E-state index contributed by atoms with van der Waals surface area (Å²) in [6.07, 6.45) is 0. The number of rotatable bonds is 5. The Bertz CT molecular complexity index is 3860. The lowest BCUT2D eigenvalue weighted by atomic mass is 9.98. The van der Waals surface area contributed by atoms with E-state index >= 15 is 0 Å². The Morgan fingerprint density at radius 3 is 1.85 bits per heavy atom. The van der Waals surface area contributed by atoms with Crippen LogP contribution in [0.25, 0.3) is 120 Å². The van der Waals surface area contributed by atoms with Crippen molar-refractivity contribution >= 4 is 86.7 Å². The van der Waals surface area contributed by atoms with Gasteiger partial charge in [-0.2, -0.15) is 0 Å². The van der Waals surface area contributed by atoms with E-state index in [0.29, 0.717) is 5.95 Å². The largest absolute Gasteiger partial charge is 0.309 e. The highest BCUT2D eigenvalue weighted by Crippen LogP contribution is 2.44. The zero-order valence-electron chi connectivity index (χ0n) is 32.8. The molecule has 0 amide bonds. The number of aromatic nitrogens is 4. The second-order valence-electron chi connectivity index (χ2n) is 15.8. The third-order valence-corrected chi connectivity index (χ3v) is 13.5. The molecule has 4 heterocycles. The van der Waals surface area contributed by atoms with Crippen molar-refractivity contribution < 1.29 is 0 Å². The van der Waals surface area contributed by atoms with Gasteiger partial charge >= 0.3 is 0 Å². The van der Waals surface area contributed by atoms with Gasteiger partial charge in [-0.1, -0.05) is 158 Å². The first kappa shape index (κ1) is 34.0. The van der Waals surface area contributed by atoms with Crippen LogP contribution in [0.2, 0.25) is 0 Å². The minimum Gasteiger partial charge on any atom is -0.309 e. The van der Waals surface area contributed by atoms with Gasteiger partial charge in [0.2, 0.25) is 5.95 Å². The molecule has 13 aromatic rings. The predicted octanol–water partition coefficient (Wildman–Crippen LogP) is 15.2. The summed E-state index contributed by atoms with van der Waals surface area (Å²) in [5.41, 5.74) is 12.0. The van der Waals surface area contributed by atoms with Gasteiger partial charge in [-0.15, -0.1) is 11.3 Å². The summed E-state index contributed by atoms with van der Waals surface area (Å²) in [5, 5.41) is 9.67. The third-order valence-electron chi connectivity index (χ3n) is 12.3. The minimum absolute atomic E-state index is 0.653. The first-order valence-electron chi connectivity index (χ1n) is 20.7. The second-order valence-corrected chi connectivity index (χ2v) is 16.8. The summed E-state index contributed by atoms with van der Waals surface area (Å²) in [6, 6.07) is 74.4. The van der Waals surface area contributed by atoms with Gasteiger partial charge in [0.1, 0.15) is 0 Å². The van der Waals surface area contributed by atoms with E-state index in [0.717, 1.165) is 49.3 Å². The smallest absolute Gasteiger partial charge is 0.235 e. The predicted molar refractivity (Wildman–Crippen MR) is 257 cm³/mol. The van der Waals surface area contributed by atoms with E-state index in [1.54, 1.807) is 11.3 Å². The summed E-state index contributed by atoms with van der Waals surface area (Å²) in [4.78, 5) is 12.2. The van der Waals surface area contributed by atoms with Crippen LogP contribution < -0.4 is 0 Å². The maximum Gasteiger partial charge on any atom is 0.235 e. The molecule has 5 heteroatoms. The zero-order chi connectivity index (χ0) is 40.0. The molecule has 0 aliphatic carbocycles. The van der Waals surface area contributed by atoms with Crippen LogP contribution in [0.5, 0.6) is 0 Å².